The highest BCUT2D eigenvalue weighted by atomic mass is 32.2. The van der Waals surface area contributed by atoms with Crippen LogP contribution in [0.1, 0.15) is 17.7 Å². The van der Waals surface area contributed by atoms with Crippen molar-refractivity contribution in [1.82, 2.24) is 4.90 Å². The second-order valence-electron chi connectivity index (χ2n) is 6.50. The summed E-state index contributed by atoms with van der Waals surface area (Å²) in [6.45, 7) is 0.656. The third-order valence-corrected chi connectivity index (χ3v) is 6.82. The van der Waals surface area contributed by atoms with Crippen molar-refractivity contribution in [2.75, 3.05) is 27.3 Å². The Labute approximate surface area is 158 Å². The van der Waals surface area contributed by atoms with E-state index < -0.39 is 15.1 Å². The summed E-state index contributed by atoms with van der Waals surface area (Å²) < 4.78 is 40.7. The molecule has 2 heterocycles. The number of hydrogen-bond donors (Lipinski definition) is 0. The molecule has 1 aromatic heterocycles. The van der Waals surface area contributed by atoms with E-state index in [4.69, 9.17) is 13.9 Å². The zero-order valence-corrected chi connectivity index (χ0v) is 16.2. The Morgan fingerprint density at radius 2 is 2.00 bits per heavy atom. The fraction of sp³-hybridized carbons (Fsp3) is 0.421. The van der Waals surface area contributed by atoms with E-state index in [1.807, 2.05) is 0 Å². The molecular weight excluding hydrogens is 370 g/mol. The average Bonchev–Trinajstić information content (AvgIpc) is 3.33. The second kappa shape index (κ2) is 8.04. The fourth-order valence-electron chi connectivity index (χ4n) is 3.24. The van der Waals surface area contributed by atoms with Crippen molar-refractivity contribution < 1.29 is 27.1 Å². The van der Waals surface area contributed by atoms with Gasteiger partial charge in [-0.05, 0) is 36.2 Å². The van der Waals surface area contributed by atoms with Crippen LogP contribution in [0.4, 0.5) is 0 Å². The number of furan rings is 1. The third kappa shape index (κ3) is 4.44. The van der Waals surface area contributed by atoms with Gasteiger partial charge in [-0.3, -0.25) is 4.79 Å². The number of carbonyl (C=O) groups excluding carboxylic acids is 1. The molecule has 0 aliphatic carbocycles. The first kappa shape index (κ1) is 19.3. The number of benzene rings is 1. The molecular formula is C19H23NO6S. The first-order valence-electron chi connectivity index (χ1n) is 8.65. The van der Waals surface area contributed by atoms with Crippen LogP contribution in [-0.4, -0.2) is 51.8 Å². The molecule has 1 aromatic carbocycles. The molecule has 8 heteroatoms. The minimum atomic E-state index is -3.37. The minimum Gasteiger partial charge on any atom is -0.493 e. The van der Waals surface area contributed by atoms with Crippen LogP contribution in [0.25, 0.3) is 0 Å². The van der Waals surface area contributed by atoms with E-state index in [0.29, 0.717) is 30.2 Å². The van der Waals surface area contributed by atoms with Gasteiger partial charge in [-0.15, -0.1) is 0 Å². The number of rotatable bonds is 7. The topological polar surface area (TPSA) is 86.0 Å². The van der Waals surface area contributed by atoms with Crippen LogP contribution >= 0.6 is 0 Å². The summed E-state index contributed by atoms with van der Waals surface area (Å²) in [7, 11) is -0.274. The van der Waals surface area contributed by atoms with E-state index in [1.54, 1.807) is 49.5 Å². The lowest BCUT2D eigenvalue weighted by Gasteiger charge is -2.17. The molecule has 146 valence electrons. The maximum atomic E-state index is 12.6. The number of likely N-dealkylation sites (tertiary alicyclic amines) is 1. The monoisotopic (exact) mass is 393 g/mol. The van der Waals surface area contributed by atoms with E-state index in [2.05, 4.69) is 0 Å². The zero-order valence-electron chi connectivity index (χ0n) is 15.4. The molecule has 1 amide bonds. The standard InChI is InChI=1S/C19H23NO6S/c1-24-17-6-5-14(10-18(17)25-2)11-19(21)20-8-7-16(12-20)27(22,23)13-15-4-3-9-26-15/h3-6,9-10,16H,7-8,11-13H2,1-2H3/t16-/m0/s1. The Hall–Kier alpha value is -2.48. The fourth-order valence-corrected chi connectivity index (χ4v) is 4.90. The molecule has 1 fully saturated rings. The van der Waals surface area contributed by atoms with Crippen LogP contribution in [0, 0.1) is 0 Å². The maximum absolute atomic E-state index is 12.6. The number of amides is 1. The second-order valence-corrected chi connectivity index (χ2v) is 8.78. The minimum absolute atomic E-state index is 0.0991. The SMILES string of the molecule is COc1ccc(CC(=O)N2CC[C@H](S(=O)(=O)Cc3ccco3)C2)cc1OC. The molecule has 3 rings (SSSR count). The summed E-state index contributed by atoms with van der Waals surface area (Å²) in [5.74, 6) is 1.34. The third-order valence-electron chi connectivity index (χ3n) is 4.73. The highest BCUT2D eigenvalue weighted by molar-refractivity contribution is 7.91. The Morgan fingerprint density at radius 3 is 2.67 bits per heavy atom. The molecule has 1 saturated heterocycles. The summed E-state index contributed by atoms with van der Waals surface area (Å²) in [5.41, 5.74) is 0.791. The van der Waals surface area contributed by atoms with Gasteiger partial charge < -0.3 is 18.8 Å². The van der Waals surface area contributed by atoms with Gasteiger partial charge in [0.25, 0.3) is 0 Å². The van der Waals surface area contributed by atoms with Crippen molar-refractivity contribution in [3.63, 3.8) is 0 Å². The van der Waals surface area contributed by atoms with Gasteiger partial charge in [0.1, 0.15) is 11.5 Å². The number of hydrogen-bond acceptors (Lipinski definition) is 6. The van der Waals surface area contributed by atoms with Crippen LogP contribution < -0.4 is 9.47 Å². The molecule has 0 bridgehead atoms. The van der Waals surface area contributed by atoms with E-state index >= 15 is 0 Å². The number of nitrogens with zero attached hydrogens (tertiary/aromatic N) is 1. The van der Waals surface area contributed by atoms with Crippen molar-refractivity contribution in [3.8, 4) is 11.5 Å². The highest BCUT2D eigenvalue weighted by Gasteiger charge is 2.35. The van der Waals surface area contributed by atoms with Gasteiger partial charge >= 0.3 is 0 Å². The summed E-state index contributed by atoms with van der Waals surface area (Å²) in [4.78, 5) is 14.2. The molecule has 0 N–H and O–H groups in total. The normalized spacial score (nSPS) is 17.1. The van der Waals surface area contributed by atoms with Crippen LogP contribution in [0.5, 0.6) is 11.5 Å². The van der Waals surface area contributed by atoms with E-state index in [0.717, 1.165) is 5.56 Å². The summed E-state index contributed by atoms with van der Waals surface area (Å²) in [6, 6.07) is 8.63. The Bertz CT molecular complexity index is 891. The smallest absolute Gasteiger partial charge is 0.227 e. The first-order chi connectivity index (χ1) is 12.9. The average molecular weight is 393 g/mol. The quantitative estimate of drug-likeness (QED) is 0.716. The van der Waals surface area contributed by atoms with Crippen molar-refractivity contribution >= 4 is 15.7 Å². The first-order valence-corrected chi connectivity index (χ1v) is 10.4. The van der Waals surface area contributed by atoms with Crippen LogP contribution in [0.2, 0.25) is 0 Å². The molecule has 1 atom stereocenters. The highest BCUT2D eigenvalue weighted by Crippen LogP contribution is 2.28. The lowest BCUT2D eigenvalue weighted by Crippen LogP contribution is -2.33. The lowest BCUT2D eigenvalue weighted by molar-refractivity contribution is -0.129. The van der Waals surface area contributed by atoms with Crippen LogP contribution in [0.3, 0.4) is 0 Å². The molecule has 1 aliphatic heterocycles. The molecule has 1 aliphatic rings. The van der Waals surface area contributed by atoms with Crippen molar-refractivity contribution in [1.29, 1.82) is 0 Å². The van der Waals surface area contributed by atoms with Gasteiger partial charge in [0.2, 0.25) is 5.91 Å². The summed E-state index contributed by atoms with van der Waals surface area (Å²) in [6.07, 6.45) is 2.09. The zero-order chi connectivity index (χ0) is 19.4. The summed E-state index contributed by atoms with van der Waals surface area (Å²) >= 11 is 0. The van der Waals surface area contributed by atoms with Gasteiger partial charge in [0.05, 0.1) is 32.2 Å². The summed E-state index contributed by atoms with van der Waals surface area (Å²) in [5, 5.41) is -0.558. The van der Waals surface area contributed by atoms with Crippen LogP contribution in [0.15, 0.2) is 41.0 Å². The molecule has 27 heavy (non-hydrogen) atoms. The Morgan fingerprint density at radius 1 is 1.22 bits per heavy atom. The van der Waals surface area contributed by atoms with E-state index in [9.17, 15) is 13.2 Å². The largest absolute Gasteiger partial charge is 0.493 e. The van der Waals surface area contributed by atoms with Gasteiger partial charge in [-0.1, -0.05) is 6.07 Å². The number of carbonyl (C=O) groups is 1. The van der Waals surface area contributed by atoms with E-state index in [1.165, 1.54) is 6.26 Å². The Kier molecular flexibility index (Phi) is 5.74. The van der Waals surface area contributed by atoms with Gasteiger partial charge in [0, 0.05) is 13.1 Å². The molecule has 0 radical (unpaired) electrons. The molecule has 7 nitrogen and oxygen atoms in total. The number of methoxy groups -OCH3 is 2. The molecule has 0 spiro atoms. The van der Waals surface area contributed by atoms with Gasteiger partial charge in [-0.25, -0.2) is 8.42 Å². The van der Waals surface area contributed by atoms with Crippen LogP contribution in [-0.2, 0) is 26.8 Å². The lowest BCUT2D eigenvalue weighted by atomic mass is 10.1. The molecule has 0 unspecified atom stereocenters. The maximum Gasteiger partial charge on any atom is 0.227 e. The molecule has 2 aromatic rings. The Balaban J connectivity index is 1.62. The number of ether oxygens (including phenoxy) is 2. The van der Waals surface area contributed by atoms with E-state index in [-0.39, 0.29) is 24.6 Å². The predicted octanol–water partition coefficient (Wildman–Crippen LogP) is 2.06. The van der Waals surface area contributed by atoms with Crippen molar-refractivity contribution in [2.24, 2.45) is 0 Å². The van der Waals surface area contributed by atoms with Crippen molar-refractivity contribution in [3.05, 3.63) is 47.9 Å². The van der Waals surface area contributed by atoms with Gasteiger partial charge in [-0.2, -0.15) is 0 Å². The van der Waals surface area contributed by atoms with Gasteiger partial charge in [0.15, 0.2) is 21.3 Å². The molecule has 0 saturated carbocycles. The number of sulfone groups is 1. The predicted molar refractivity (Wildman–Crippen MR) is 99.6 cm³/mol. The van der Waals surface area contributed by atoms with Crippen molar-refractivity contribution in [2.45, 2.75) is 23.8 Å².